The van der Waals surface area contributed by atoms with Crippen molar-refractivity contribution in [3.05, 3.63) is 68.8 Å². The lowest BCUT2D eigenvalue weighted by Gasteiger charge is -2.30. The zero-order chi connectivity index (χ0) is 16.2. The Hall–Kier alpha value is -1.24. The molecule has 1 aliphatic rings. The van der Waals surface area contributed by atoms with Crippen LogP contribution in [-0.2, 0) is 6.54 Å². The predicted octanol–water partition coefficient (Wildman–Crippen LogP) is 3.45. The van der Waals surface area contributed by atoms with Crippen LogP contribution in [0.25, 0.3) is 0 Å². The van der Waals surface area contributed by atoms with Gasteiger partial charge < -0.3 is 5.73 Å². The molecule has 3 rings (SSSR count). The summed E-state index contributed by atoms with van der Waals surface area (Å²) in [5.41, 5.74) is 8.69. The van der Waals surface area contributed by atoms with Gasteiger partial charge in [-0.1, -0.05) is 36.4 Å². The molecule has 0 aromatic heterocycles. The first-order valence-electron chi connectivity index (χ1n) is 7.99. The van der Waals surface area contributed by atoms with Crippen LogP contribution in [0, 0.1) is 3.57 Å². The second kappa shape index (κ2) is 7.55. The summed E-state index contributed by atoms with van der Waals surface area (Å²) in [4.78, 5) is 14.9. The van der Waals surface area contributed by atoms with Crippen LogP contribution in [0.5, 0.6) is 0 Å². The maximum atomic E-state index is 12.5. The summed E-state index contributed by atoms with van der Waals surface area (Å²) in [6.45, 7) is 3.05. The lowest BCUT2D eigenvalue weighted by molar-refractivity contribution is 0.103. The van der Waals surface area contributed by atoms with E-state index in [1.165, 1.54) is 5.56 Å². The highest BCUT2D eigenvalue weighted by atomic mass is 127. The highest BCUT2D eigenvalue weighted by Crippen LogP contribution is 2.16. The zero-order valence-electron chi connectivity index (χ0n) is 13.0. The maximum Gasteiger partial charge on any atom is 0.193 e. The van der Waals surface area contributed by atoms with E-state index >= 15 is 0 Å². The molecule has 2 N–H and O–H groups in total. The number of nitrogens with zero attached hydrogens (tertiary/aromatic N) is 1. The second-order valence-electron chi connectivity index (χ2n) is 6.15. The van der Waals surface area contributed by atoms with Crippen LogP contribution in [-0.4, -0.2) is 29.8 Å². The third kappa shape index (κ3) is 4.40. The van der Waals surface area contributed by atoms with Gasteiger partial charge >= 0.3 is 0 Å². The minimum Gasteiger partial charge on any atom is -0.328 e. The van der Waals surface area contributed by atoms with Crippen molar-refractivity contribution >= 4 is 28.4 Å². The van der Waals surface area contributed by atoms with Crippen LogP contribution in [0.2, 0.25) is 0 Å². The smallest absolute Gasteiger partial charge is 0.193 e. The van der Waals surface area contributed by atoms with Crippen molar-refractivity contribution in [2.45, 2.75) is 25.4 Å². The molecule has 3 nitrogen and oxygen atoms in total. The summed E-state index contributed by atoms with van der Waals surface area (Å²) < 4.78 is 1.08. The summed E-state index contributed by atoms with van der Waals surface area (Å²) in [5, 5.41) is 0. The molecule has 1 fully saturated rings. The van der Waals surface area contributed by atoms with E-state index < -0.39 is 0 Å². The van der Waals surface area contributed by atoms with Gasteiger partial charge in [-0.3, -0.25) is 9.69 Å². The van der Waals surface area contributed by atoms with Crippen LogP contribution < -0.4 is 5.73 Å². The molecule has 23 heavy (non-hydrogen) atoms. The van der Waals surface area contributed by atoms with Gasteiger partial charge in [-0.25, -0.2) is 0 Å². The van der Waals surface area contributed by atoms with Gasteiger partial charge in [0.05, 0.1) is 0 Å². The van der Waals surface area contributed by atoms with E-state index in [9.17, 15) is 4.79 Å². The highest BCUT2D eigenvalue weighted by molar-refractivity contribution is 14.1. The van der Waals surface area contributed by atoms with Crippen molar-refractivity contribution < 1.29 is 4.79 Å². The number of rotatable bonds is 4. The Balaban J connectivity index is 1.66. The van der Waals surface area contributed by atoms with Gasteiger partial charge in [0.2, 0.25) is 0 Å². The number of hydrogen-bond donors (Lipinski definition) is 1. The Labute approximate surface area is 151 Å². The zero-order valence-corrected chi connectivity index (χ0v) is 15.2. The molecule has 0 unspecified atom stereocenters. The number of hydrogen-bond acceptors (Lipinski definition) is 3. The van der Waals surface area contributed by atoms with E-state index in [2.05, 4.69) is 39.6 Å². The summed E-state index contributed by atoms with van der Waals surface area (Å²) >= 11 is 2.23. The van der Waals surface area contributed by atoms with Gasteiger partial charge in [0, 0.05) is 27.3 Å². The van der Waals surface area contributed by atoms with Crippen LogP contribution in [0.4, 0.5) is 0 Å². The van der Waals surface area contributed by atoms with Gasteiger partial charge in [-0.05, 0) is 66.2 Å². The number of carbonyl (C=O) groups is 1. The number of nitrogens with two attached hydrogens (primary N) is 1. The van der Waals surface area contributed by atoms with E-state index in [1.54, 1.807) is 0 Å². The summed E-state index contributed by atoms with van der Waals surface area (Å²) in [7, 11) is 0. The van der Waals surface area contributed by atoms with E-state index in [1.807, 2.05) is 36.4 Å². The summed E-state index contributed by atoms with van der Waals surface area (Å²) in [5.74, 6) is 0.0824. The molecule has 4 heteroatoms. The number of carbonyl (C=O) groups excluding carboxylic acids is 1. The van der Waals surface area contributed by atoms with Crippen LogP contribution in [0.3, 0.4) is 0 Å². The molecule has 120 valence electrons. The van der Waals surface area contributed by atoms with E-state index in [-0.39, 0.29) is 5.78 Å². The Morgan fingerprint density at radius 2 is 1.78 bits per heavy atom. The Kier molecular flexibility index (Phi) is 5.46. The molecule has 1 saturated heterocycles. The molecule has 1 heterocycles. The molecule has 0 aliphatic carbocycles. The second-order valence-corrected chi connectivity index (χ2v) is 7.40. The molecule has 0 radical (unpaired) electrons. The lowest BCUT2D eigenvalue weighted by atomic mass is 10.0. The van der Waals surface area contributed by atoms with Crippen molar-refractivity contribution in [2.24, 2.45) is 5.73 Å². The average molecular weight is 420 g/mol. The normalized spacial score (nSPS) is 16.4. The highest BCUT2D eigenvalue weighted by Gasteiger charge is 2.16. The first-order chi connectivity index (χ1) is 11.1. The molecule has 1 aliphatic heterocycles. The van der Waals surface area contributed by atoms with Gasteiger partial charge in [0.25, 0.3) is 0 Å². The molecule has 2 aromatic carbocycles. The Bertz CT molecular complexity index is 676. The van der Waals surface area contributed by atoms with Crippen molar-refractivity contribution in [3.8, 4) is 0 Å². The van der Waals surface area contributed by atoms with E-state index in [4.69, 9.17) is 5.73 Å². The SMILES string of the molecule is NC1CCN(Cc2ccc(C(=O)c3cccc(I)c3)cc2)CC1. The molecule has 0 saturated carbocycles. The van der Waals surface area contributed by atoms with Crippen LogP contribution in [0.1, 0.15) is 34.3 Å². The van der Waals surface area contributed by atoms with Crippen molar-refractivity contribution in [3.63, 3.8) is 0 Å². The molecule has 0 atom stereocenters. The fourth-order valence-corrected chi connectivity index (χ4v) is 3.47. The van der Waals surface area contributed by atoms with E-state index in [0.717, 1.165) is 47.2 Å². The van der Waals surface area contributed by atoms with Gasteiger partial charge in [-0.15, -0.1) is 0 Å². The third-order valence-electron chi connectivity index (χ3n) is 4.34. The molecular formula is C19H21IN2O. The van der Waals surface area contributed by atoms with Crippen LogP contribution in [0.15, 0.2) is 48.5 Å². The molecule has 0 amide bonds. The third-order valence-corrected chi connectivity index (χ3v) is 5.01. The average Bonchev–Trinajstić information content (AvgIpc) is 2.57. The van der Waals surface area contributed by atoms with Crippen molar-refractivity contribution in [1.82, 2.24) is 4.90 Å². The van der Waals surface area contributed by atoms with Crippen molar-refractivity contribution in [1.29, 1.82) is 0 Å². The minimum atomic E-state index is 0.0824. The maximum absolute atomic E-state index is 12.5. The van der Waals surface area contributed by atoms with Gasteiger partial charge in [0.15, 0.2) is 5.78 Å². The fraction of sp³-hybridized carbons (Fsp3) is 0.316. The first-order valence-corrected chi connectivity index (χ1v) is 9.07. The summed E-state index contributed by atoms with van der Waals surface area (Å²) in [6, 6.07) is 16.1. The Morgan fingerprint density at radius 3 is 2.43 bits per heavy atom. The fourth-order valence-electron chi connectivity index (χ4n) is 2.93. The molecule has 0 spiro atoms. The monoisotopic (exact) mass is 420 g/mol. The minimum absolute atomic E-state index is 0.0824. The van der Waals surface area contributed by atoms with Gasteiger partial charge in [0.1, 0.15) is 0 Å². The number of benzene rings is 2. The molecule has 2 aromatic rings. The van der Waals surface area contributed by atoms with Crippen molar-refractivity contribution in [2.75, 3.05) is 13.1 Å². The Morgan fingerprint density at radius 1 is 1.09 bits per heavy atom. The number of halogens is 1. The number of likely N-dealkylation sites (tertiary alicyclic amines) is 1. The standard InChI is InChI=1S/C19H21IN2O/c20-17-3-1-2-16(12-17)19(23)15-6-4-14(5-7-15)13-22-10-8-18(21)9-11-22/h1-7,12,18H,8-11,13,21H2. The number of piperidine rings is 1. The lowest BCUT2D eigenvalue weighted by Crippen LogP contribution is -2.39. The topological polar surface area (TPSA) is 46.3 Å². The predicted molar refractivity (Wildman–Crippen MR) is 102 cm³/mol. The van der Waals surface area contributed by atoms with E-state index in [0.29, 0.717) is 6.04 Å². The quantitative estimate of drug-likeness (QED) is 0.609. The summed E-state index contributed by atoms with van der Waals surface area (Å²) in [6.07, 6.45) is 2.15. The number of ketones is 1. The first kappa shape index (κ1) is 16.6. The van der Waals surface area contributed by atoms with Crippen LogP contribution >= 0.6 is 22.6 Å². The van der Waals surface area contributed by atoms with Gasteiger partial charge in [-0.2, -0.15) is 0 Å². The molecular weight excluding hydrogens is 399 g/mol. The largest absolute Gasteiger partial charge is 0.328 e. The molecule has 0 bridgehead atoms.